The van der Waals surface area contributed by atoms with E-state index in [-0.39, 0.29) is 11.8 Å². The Hall–Kier alpha value is -3.38. The molecule has 0 unspecified atom stereocenters. The summed E-state index contributed by atoms with van der Waals surface area (Å²) < 4.78 is 5.89. The number of hydrogen-bond acceptors (Lipinski definition) is 4. The van der Waals surface area contributed by atoms with Gasteiger partial charge in [-0.2, -0.15) is 0 Å². The first-order valence-corrected chi connectivity index (χ1v) is 11.0. The summed E-state index contributed by atoms with van der Waals surface area (Å²) in [5.74, 6) is 0.379. The van der Waals surface area contributed by atoms with Crippen molar-refractivity contribution in [3.05, 3.63) is 83.1 Å². The van der Waals surface area contributed by atoms with Crippen LogP contribution in [0.15, 0.2) is 67.0 Å². The minimum Gasteiger partial charge on any atom is -0.480 e. The number of benzene rings is 2. The molecule has 32 heavy (non-hydrogen) atoms. The second-order valence-electron chi connectivity index (χ2n) is 8.04. The average Bonchev–Trinajstić information content (AvgIpc) is 3.24. The average molecular weight is 448 g/mol. The Bertz CT molecular complexity index is 1150. The van der Waals surface area contributed by atoms with Crippen LogP contribution in [0.2, 0.25) is 5.02 Å². The van der Waals surface area contributed by atoms with Gasteiger partial charge in [-0.05, 0) is 52.6 Å². The maximum absolute atomic E-state index is 13.3. The summed E-state index contributed by atoms with van der Waals surface area (Å²) in [5.41, 5.74) is 4.07. The van der Waals surface area contributed by atoms with Crippen LogP contribution in [0.5, 0.6) is 5.75 Å². The number of ether oxygens (including phenoxy) is 1. The third-order valence-corrected chi connectivity index (χ3v) is 6.22. The number of carbonyl (C=O) groups excluding carboxylic acids is 2. The van der Waals surface area contributed by atoms with Crippen LogP contribution in [0.3, 0.4) is 0 Å². The molecule has 2 aromatic carbocycles. The molecule has 1 fully saturated rings. The number of rotatable bonds is 4. The second kappa shape index (κ2) is 8.63. The Kier molecular flexibility index (Phi) is 5.53. The van der Waals surface area contributed by atoms with Crippen molar-refractivity contribution in [2.45, 2.75) is 25.0 Å². The molecule has 0 aliphatic carbocycles. The highest BCUT2D eigenvalue weighted by Crippen LogP contribution is 2.32. The lowest BCUT2D eigenvalue weighted by molar-refractivity contribution is -0.147. The Balaban J connectivity index is 1.32. The number of aromatic nitrogens is 1. The molecule has 162 valence electrons. The third kappa shape index (κ3) is 4.06. The van der Waals surface area contributed by atoms with Crippen LogP contribution in [0.4, 0.5) is 0 Å². The van der Waals surface area contributed by atoms with E-state index in [0.717, 1.165) is 22.3 Å². The largest absolute Gasteiger partial charge is 0.480 e. The van der Waals surface area contributed by atoms with Gasteiger partial charge in [0.15, 0.2) is 6.10 Å². The Morgan fingerprint density at radius 1 is 1.09 bits per heavy atom. The van der Waals surface area contributed by atoms with E-state index in [9.17, 15) is 9.59 Å². The van der Waals surface area contributed by atoms with Crippen LogP contribution < -0.4 is 10.1 Å². The van der Waals surface area contributed by atoms with Crippen LogP contribution in [0.25, 0.3) is 11.1 Å². The molecule has 6 nitrogen and oxygen atoms in total. The van der Waals surface area contributed by atoms with E-state index in [4.69, 9.17) is 16.3 Å². The van der Waals surface area contributed by atoms with Crippen LogP contribution >= 0.6 is 11.6 Å². The zero-order chi connectivity index (χ0) is 22.1. The number of amides is 2. The van der Waals surface area contributed by atoms with Gasteiger partial charge in [-0.15, -0.1) is 0 Å². The first-order valence-electron chi connectivity index (χ1n) is 10.6. The maximum Gasteiger partial charge on any atom is 0.264 e. The van der Waals surface area contributed by atoms with Gasteiger partial charge >= 0.3 is 0 Å². The van der Waals surface area contributed by atoms with Crippen LogP contribution in [-0.4, -0.2) is 46.9 Å². The van der Waals surface area contributed by atoms with Gasteiger partial charge in [0.1, 0.15) is 11.8 Å². The predicted molar refractivity (Wildman–Crippen MR) is 121 cm³/mol. The Morgan fingerprint density at radius 3 is 2.62 bits per heavy atom. The van der Waals surface area contributed by atoms with Crippen LogP contribution in [0, 0.1) is 0 Å². The molecule has 2 amide bonds. The molecule has 1 N–H and O–H groups in total. The molecule has 2 atom stereocenters. The normalized spacial score (nSPS) is 19.8. The standard InChI is InChI=1S/C25H22ClN3O3/c26-20-5-6-22-19(14-20)15-23(32-22)25(31)29-12-11-28-24(30)21(29)13-16-1-3-17(4-2-16)18-7-9-27-10-8-18/h1-10,14,21,23H,11-13,15H2,(H,28,30)/t21-,23+/m0/s1. The van der Waals surface area contributed by atoms with Crippen molar-refractivity contribution in [3.63, 3.8) is 0 Å². The number of carbonyl (C=O) groups is 2. The van der Waals surface area contributed by atoms with E-state index in [1.165, 1.54) is 0 Å². The number of halogens is 1. The highest BCUT2D eigenvalue weighted by molar-refractivity contribution is 6.30. The summed E-state index contributed by atoms with van der Waals surface area (Å²) in [6.07, 6.45) is 3.79. The van der Waals surface area contributed by atoms with Gasteiger partial charge in [0, 0.05) is 43.3 Å². The van der Waals surface area contributed by atoms with E-state index in [2.05, 4.69) is 10.3 Å². The van der Waals surface area contributed by atoms with Crippen molar-refractivity contribution in [2.24, 2.45) is 0 Å². The fourth-order valence-electron chi connectivity index (χ4n) is 4.32. The topological polar surface area (TPSA) is 71.5 Å². The van der Waals surface area contributed by atoms with E-state index >= 15 is 0 Å². The summed E-state index contributed by atoms with van der Waals surface area (Å²) >= 11 is 6.08. The van der Waals surface area contributed by atoms with Gasteiger partial charge in [0.25, 0.3) is 5.91 Å². The summed E-state index contributed by atoms with van der Waals surface area (Å²) in [6.45, 7) is 0.898. The molecule has 0 saturated carbocycles. The van der Waals surface area contributed by atoms with E-state index < -0.39 is 12.1 Å². The van der Waals surface area contributed by atoms with Gasteiger partial charge in [0.2, 0.25) is 5.91 Å². The lowest BCUT2D eigenvalue weighted by Gasteiger charge is -2.36. The SMILES string of the molecule is O=C1NCCN(C(=O)[C@H]2Cc3cc(Cl)ccc3O2)[C@H]1Cc1ccc(-c2ccncc2)cc1. The molecule has 0 spiro atoms. The van der Waals surface area contributed by atoms with E-state index in [0.29, 0.717) is 36.7 Å². The number of nitrogens with zero attached hydrogens (tertiary/aromatic N) is 2. The van der Waals surface area contributed by atoms with Crippen LogP contribution in [-0.2, 0) is 22.4 Å². The van der Waals surface area contributed by atoms with E-state index in [1.807, 2.05) is 42.5 Å². The molecule has 3 heterocycles. The number of pyridine rings is 1. The Labute approximate surface area is 191 Å². The molecule has 7 heteroatoms. The van der Waals surface area contributed by atoms with Gasteiger partial charge in [-0.3, -0.25) is 14.6 Å². The zero-order valence-corrected chi connectivity index (χ0v) is 18.1. The molecule has 0 bridgehead atoms. The van der Waals surface area contributed by atoms with Crippen molar-refractivity contribution in [1.82, 2.24) is 15.2 Å². The molecular formula is C25H22ClN3O3. The zero-order valence-electron chi connectivity index (χ0n) is 17.3. The summed E-state index contributed by atoms with van der Waals surface area (Å²) in [6, 6.07) is 16.8. The fraction of sp³-hybridized carbons (Fsp3) is 0.240. The molecular weight excluding hydrogens is 426 g/mol. The maximum atomic E-state index is 13.3. The molecule has 3 aromatic rings. The lowest BCUT2D eigenvalue weighted by atomic mass is 9.98. The molecule has 2 aliphatic rings. The number of fused-ring (bicyclic) bond motifs is 1. The first-order chi connectivity index (χ1) is 15.6. The van der Waals surface area contributed by atoms with Crippen molar-refractivity contribution in [2.75, 3.05) is 13.1 Å². The summed E-state index contributed by atoms with van der Waals surface area (Å²) in [4.78, 5) is 31.7. The minimum absolute atomic E-state index is 0.138. The highest BCUT2D eigenvalue weighted by Gasteiger charge is 2.39. The Morgan fingerprint density at radius 2 is 1.84 bits per heavy atom. The minimum atomic E-state index is -0.633. The molecule has 0 radical (unpaired) electrons. The van der Waals surface area contributed by atoms with Crippen molar-refractivity contribution in [3.8, 4) is 16.9 Å². The third-order valence-electron chi connectivity index (χ3n) is 5.98. The van der Waals surface area contributed by atoms with Crippen molar-refractivity contribution >= 4 is 23.4 Å². The molecule has 1 saturated heterocycles. The van der Waals surface area contributed by atoms with Gasteiger partial charge < -0.3 is 15.0 Å². The predicted octanol–water partition coefficient (Wildman–Crippen LogP) is 3.28. The van der Waals surface area contributed by atoms with E-state index in [1.54, 1.807) is 29.4 Å². The fourth-order valence-corrected chi connectivity index (χ4v) is 4.52. The number of hydrogen-bond donors (Lipinski definition) is 1. The smallest absolute Gasteiger partial charge is 0.264 e. The molecule has 5 rings (SSSR count). The monoisotopic (exact) mass is 447 g/mol. The number of nitrogens with one attached hydrogen (secondary N) is 1. The summed E-state index contributed by atoms with van der Waals surface area (Å²) in [7, 11) is 0. The molecule has 2 aliphatic heterocycles. The lowest BCUT2D eigenvalue weighted by Crippen LogP contribution is -2.60. The van der Waals surface area contributed by atoms with Gasteiger partial charge in [0.05, 0.1) is 0 Å². The van der Waals surface area contributed by atoms with Crippen LogP contribution in [0.1, 0.15) is 11.1 Å². The first kappa shape index (κ1) is 20.5. The van der Waals surface area contributed by atoms with Gasteiger partial charge in [-0.25, -0.2) is 0 Å². The van der Waals surface area contributed by atoms with Gasteiger partial charge in [-0.1, -0.05) is 35.9 Å². The van der Waals surface area contributed by atoms with Crippen molar-refractivity contribution in [1.29, 1.82) is 0 Å². The molecule has 1 aromatic heterocycles. The second-order valence-corrected chi connectivity index (χ2v) is 8.47. The quantitative estimate of drug-likeness (QED) is 0.666. The number of piperazine rings is 1. The summed E-state index contributed by atoms with van der Waals surface area (Å²) in [5, 5.41) is 3.51. The highest BCUT2D eigenvalue weighted by atomic mass is 35.5. The van der Waals surface area contributed by atoms with Crippen molar-refractivity contribution < 1.29 is 14.3 Å².